The predicted octanol–water partition coefficient (Wildman–Crippen LogP) is 2.81. The Bertz CT molecular complexity index is 569. The van der Waals surface area contributed by atoms with Crippen molar-refractivity contribution in [3.63, 3.8) is 0 Å². The molecule has 5 nitrogen and oxygen atoms in total. The number of urea groups is 1. The van der Waals surface area contributed by atoms with Gasteiger partial charge in [0.25, 0.3) is 0 Å². The van der Waals surface area contributed by atoms with Crippen LogP contribution in [0.3, 0.4) is 0 Å². The van der Waals surface area contributed by atoms with Crippen LogP contribution >= 0.6 is 0 Å². The summed E-state index contributed by atoms with van der Waals surface area (Å²) in [4.78, 5) is 18.3. The van der Waals surface area contributed by atoms with E-state index in [9.17, 15) is 18.0 Å². The number of hydrogen-bond donors (Lipinski definition) is 1. The smallest absolute Gasteiger partial charge is 0.322 e. The second-order valence-corrected chi connectivity index (χ2v) is 6.49. The molecule has 0 spiro atoms. The van der Waals surface area contributed by atoms with E-state index in [-0.39, 0.29) is 11.7 Å². The van der Waals surface area contributed by atoms with Gasteiger partial charge in [-0.2, -0.15) is 13.2 Å². The first-order valence-corrected chi connectivity index (χ1v) is 8.36. The van der Waals surface area contributed by atoms with E-state index >= 15 is 0 Å². The number of halogens is 3. The molecule has 2 rings (SSSR count). The minimum absolute atomic E-state index is 0.160. The Morgan fingerprint density at radius 1 is 1.20 bits per heavy atom. The van der Waals surface area contributed by atoms with E-state index in [1.165, 1.54) is 12.1 Å². The molecule has 0 unspecified atom stereocenters. The molecule has 0 saturated carbocycles. The molecule has 1 aromatic carbocycles. The molecule has 25 heavy (non-hydrogen) atoms. The van der Waals surface area contributed by atoms with E-state index in [1.807, 2.05) is 14.1 Å². The van der Waals surface area contributed by atoms with Gasteiger partial charge in [0.1, 0.15) is 0 Å². The van der Waals surface area contributed by atoms with Crippen molar-refractivity contribution in [2.24, 2.45) is 0 Å². The number of piperazine rings is 1. The van der Waals surface area contributed by atoms with Crippen molar-refractivity contribution in [2.45, 2.75) is 12.6 Å². The minimum Gasteiger partial charge on any atom is -0.322 e. The van der Waals surface area contributed by atoms with E-state index in [0.29, 0.717) is 13.1 Å². The molecule has 8 heteroatoms. The van der Waals surface area contributed by atoms with Gasteiger partial charge in [-0.15, -0.1) is 0 Å². The number of carbonyl (C=O) groups is 1. The highest BCUT2D eigenvalue weighted by Gasteiger charge is 2.30. The molecule has 0 atom stereocenters. The first kappa shape index (κ1) is 19.5. The minimum atomic E-state index is -4.42. The summed E-state index contributed by atoms with van der Waals surface area (Å²) in [6.07, 6.45) is -3.34. The van der Waals surface area contributed by atoms with Gasteiger partial charge in [-0.3, -0.25) is 4.90 Å². The van der Waals surface area contributed by atoms with Crippen LogP contribution in [0.1, 0.15) is 12.0 Å². The Hall–Kier alpha value is -1.80. The van der Waals surface area contributed by atoms with Crippen molar-refractivity contribution in [1.29, 1.82) is 0 Å². The average Bonchev–Trinajstić information content (AvgIpc) is 2.54. The van der Waals surface area contributed by atoms with E-state index in [1.54, 1.807) is 4.90 Å². The molecule has 1 aromatic rings. The molecule has 2 amide bonds. The highest BCUT2D eigenvalue weighted by Crippen LogP contribution is 2.30. The predicted molar refractivity (Wildman–Crippen MR) is 91.6 cm³/mol. The van der Waals surface area contributed by atoms with Gasteiger partial charge in [-0.05, 0) is 51.8 Å². The maximum Gasteiger partial charge on any atom is 0.416 e. The van der Waals surface area contributed by atoms with Crippen LogP contribution in [-0.2, 0) is 6.18 Å². The molecule has 0 aromatic heterocycles. The molecule has 0 bridgehead atoms. The van der Waals surface area contributed by atoms with Crippen molar-refractivity contribution in [3.8, 4) is 0 Å². The Kier molecular flexibility index (Phi) is 6.66. The second-order valence-electron chi connectivity index (χ2n) is 6.49. The largest absolute Gasteiger partial charge is 0.416 e. The second kappa shape index (κ2) is 8.53. The fraction of sp³-hybridized carbons (Fsp3) is 0.588. The van der Waals surface area contributed by atoms with E-state index in [2.05, 4.69) is 15.1 Å². The van der Waals surface area contributed by atoms with Crippen LogP contribution in [0.15, 0.2) is 24.3 Å². The maximum absolute atomic E-state index is 12.7. The number of rotatable bonds is 5. The van der Waals surface area contributed by atoms with Gasteiger partial charge in [-0.25, -0.2) is 4.79 Å². The van der Waals surface area contributed by atoms with Crippen LogP contribution in [0.25, 0.3) is 0 Å². The first-order valence-electron chi connectivity index (χ1n) is 8.36. The zero-order valence-corrected chi connectivity index (χ0v) is 14.6. The lowest BCUT2D eigenvalue weighted by Crippen LogP contribution is -2.50. The highest BCUT2D eigenvalue weighted by atomic mass is 19.4. The summed E-state index contributed by atoms with van der Waals surface area (Å²) in [6.45, 7) is 4.73. The molecule has 1 aliphatic heterocycles. The molecule has 1 saturated heterocycles. The van der Waals surface area contributed by atoms with Gasteiger partial charge < -0.3 is 15.1 Å². The Balaban J connectivity index is 1.81. The molecular formula is C17H25F3N4O. The van der Waals surface area contributed by atoms with Gasteiger partial charge in [0, 0.05) is 31.9 Å². The van der Waals surface area contributed by atoms with Crippen molar-refractivity contribution in [1.82, 2.24) is 14.7 Å². The number of nitrogens with one attached hydrogen (secondary N) is 1. The molecule has 1 N–H and O–H groups in total. The number of hydrogen-bond acceptors (Lipinski definition) is 3. The fourth-order valence-corrected chi connectivity index (χ4v) is 2.76. The Labute approximate surface area is 146 Å². The number of anilines is 1. The van der Waals surface area contributed by atoms with Crippen molar-refractivity contribution in [2.75, 3.05) is 58.7 Å². The average molecular weight is 358 g/mol. The normalized spacial score (nSPS) is 16.3. The molecule has 1 aliphatic rings. The van der Waals surface area contributed by atoms with Crippen molar-refractivity contribution in [3.05, 3.63) is 29.8 Å². The SMILES string of the molecule is CN(C)CCCN1CCN(C(=O)Nc2cccc(C(F)(F)F)c2)CC1. The molecular weight excluding hydrogens is 333 g/mol. The van der Waals surface area contributed by atoms with Crippen LogP contribution in [0.5, 0.6) is 0 Å². The van der Waals surface area contributed by atoms with E-state index in [0.717, 1.165) is 44.7 Å². The molecule has 0 aliphatic carbocycles. The van der Waals surface area contributed by atoms with Gasteiger partial charge in [0.15, 0.2) is 0 Å². The van der Waals surface area contributed by atoms with Gasteiger partial charge >= 0.3 is 12.2 Å². The first-order chi connectivity index (χ1) is 11.8. The Morgan fingerprint density at radius 3 is 2.48 bits per heavy atom. The van der Waals surface area contributed by atoms with Crippen molar-refractivity contribution < 1.29 is 18.0 Å². The van der Waals surface area contributed by atoms with E-state index < -0.39 is 11.7 Å². The zero-order valence-electron chi connectivity index (χ0n) is 14.6. The summed E-state index contributed by atoms with van der Waals surface area (Å²) >= 11 is 0. The van der Waals surface area contributed by atoms with Crippen LogP contribution in [0.2, 0.25) is 0 Å². The quantitative estimate of drug-likeness (QED) is 0.880. The zero-order chi connectivity index (χ0) is 18.4. The van der Waals surface area contributed by atoms with Crippen molar-refractivity contribution >= 4 is 11.7 Å². The van der Waals surface area contributed by atoms with Gasteiger partial charge in [0.05, 0.1) is 5.56 Å². The van der Waals surface area contributed by atoms with Crippen LogP contribution in [-0.4, -0.2) is 74.1 Å². The monoisotopic (exact) mass is 358 g/mol. The third kappa shape index (κ3) is 6.21. The Morgan fingerprint density at radius 2 is 1.88 bits per heavy atom. The highest BCUT2D eigenvalue weighted by molar-refractivity contribution is 5.89. The molecule has 140 valence electrons. The van der Waals surface area contributed by atoms with Gasteiger partial charge in [-0.1, -0.05) is 6.07 Å². The lowest BCUT2D eigenvalue weighted by atomic mass is 10.2. The summed E-state index contributed by atoms with van der Waals surface area (Å²) in [7, 11) is 4.08. The van der Waals surface area contributed by atoms with Crippen LogP contribution in [0, 0.1) is 0 Å². The summed E-state index contributed by atoms with van der Waals surface area (Å²) in [5, 5.41) is 2.56. The van der Waals surface area contributed by atoms with Crippen LogP contribution in [0.4, 0.5) is 23.7 Å². The number of nitrogens with zero attached hydrogens (tertiary/aromatic N) is 3. The lowest BCUT2D eigenvalue weighted by Gasteiger charge is -2.34. The van der Waals surface area contributed by atoms with Crippen LogP contribution < -0.4 is 5.32 Å². The fourth-order valence-electron chi connectivity index (χ4n) is 2.76. The number of benzene rings is 1. The standard InChI is InChI=1S/C17H25F3N4O/c1-22(2)7-4-8-23-9-11-24(12-10-23)16(25)21-15-6-3-5-14(13-15)17(18,19)20/h3,5-6,13H,4,7-12H2,1-2H3,(H,21,25). The summed E-state index contributed by atoms with van der Waals surface area (Å²) < 4.78 is 38.2. The molecule has 1 fully saturated rings. The number of amides is 2. The topological polar surface area (TPSA) is 38.8 Å². The molecule has 0 radical (unpaired) electrons. The van der Waals surface area contributed by atoms with Gasteiger partial charge in [0.2, 0.25) is 0 Å². The summed E-state index contributed by atoms with van der Waals surface area (Å²) in [5.41, 5.74) is -0.607. The van der Waals surface area contributed by atoms with E-state index in [4.69, 9.17) is 0 Å². The third-order valence-electron chi connectivity index (χ3n) is 4.18. The third-order valence-corrected chi connectivity index (χ3v) is 4.18. The number of alkyl halides is 3. The maximum atomic E-state index is 12.7. The lowest BCUT2D eigenvalue weighted by molar-refractivity contribution is -0.137. The molecule has 1 heterocycles. The number of carbonyl (C=O) groups excluding carboxylic acids is 1. The summed E-state index contributed by atoms with van der Waals surface area (Å²) in [5.74, 6) is 0. The summed E-state index contributed by atoms with van der Waals surface area (Å²) in [6, 6.07) is 4.34.